The number of fused-ring (bicyclic) bond motifs is 3. The van der Waals surface area contributed by atoms with Crippen LogP contribution in [0.1, 0.15) is 34.6 Å². The number of nitrogens with zero attached hydrogens (tertiary/aromatic N) is 1. The largest absolute Gasteiger partial charge is 0.489 e. The number of aliphatic carboxylic acids is 1. The van der Waals surface area contributed by atoms with Crippen molar-refractivity contribution in [3.8, 4) is 22.8 Å². The lowest BCUT2D eigenvalue weighted by Gasteiger charge is -2.15. The van der Waals surface area contributed by atoms with Gasteiger partial charge in [-0.2, -0.15) is 0 Å². The molecule has 3 atom stereocenters. The van der Waals surface area contributed by atoms with Gasteiger partial charge in [-0.15, -0.1) is 0 Å². The molecule has 36 heavy (non-hydrogen) atoms. The normalized spacial score (nSPS) is 19.9. The van der Waals surface area contributed by atoms with Gasteiger partial charge in [-0.1, -0.05) is 30.3 Å². The Morgan fingerprint density at radius 3 is 2.67 bits per heavy atom. The minimum atomic E-state index is -3.00. The molecule has 0 aliphatic heterocycles. The number of hydrogen-bond donors (Lipinski definition) is 1. The fourth-order valence-electron chi connectivity index (χ4n) is 5.28. The second-order valence-corrected chi connectivity index (χ2v) is 12.0. The van der Waals surface area contributed by atoms with Crippen LogP contribution in [0.4, 0.5) is 0 Å². The van der Waals surface area contributed by atoms with Gasteiger partial charge in [0.1, 0.15) is 22.2 Å². The molecule has 1 N–H and O–H groups in total. The highest BCUT2D eigenvalue weighted by atomic mass is 32.2. The summed E-state index contributed by atoms with van der Waals surface area (Å²) >= 11 is 0. The van der Waals surface area contributed by atoms with Crippen LogP contribution in [0.15, 0.2) is 54.7 Å². The van der Waals surface area contributed by atoms with Crippen molar-refractivity contribution in [3.05, 3.63) is 77.0 Å². The Balaban J connectivity index is 1.25. The van der Waals surface area contributed by atoms with Crippen LogP contribution in [0.3, 0.4) is 0 Å². The maximum atomic E-state index is 11.3. The van der Waals surface area contributed by atoms with Gasteiger partial charge < -0.3 is 14.6 Å². The highest BCUT2D eigenvalue weighted by Gasteiger charge is 2.59. The lowest BCUT2D eigenvalue weighted by Crippen LogP contribution is -2.08. The molecule has 0 bridgehead atoms. The Morgan fingerprint density at radius 1 is 1.11 bits per heavy atom. The minimum Gasteiger partial charge on any atom is -0.489 e. The number of carboxylic acid groups (broad SMARTS) is 1. The van der Waals surface area contributed by atoms with Crippen molar-refractivity contribution in [3.63, 3.8) is 0 Å². The average molecular weight is 508 g/mol. The molecular weight excluding hydrogens is 478 g/mol. The molecule has 2 aliphatic carbocycles. The topological polar surface area (TPSA) is 103 Å². The lowest BCUT2D eigenvalue weighted by atomic mass is 9.98. The number of sulfone groups is 1. The summed E-state index contributed by atoms with van der Waals surface area (Å²) in [6.07, 6.45) is 4.22. The number of benzene rings is 2. The summed E-state index contributed by atoms with van der Waals surface area (Å²) < 4.78 is 34.3. The molecule has 0 amide bonds. The monoisotopic (exact) mass is 507 g/mol. The van der Waals surface area contributed by atoms with Crippen molar-refractivity contribution in [2.24, 2.45) is 11.8 Å². The summed E-state index contributed by atoms with van der Waals surface area (Å²) in [4.78, 5) is 15.8. The van der Waals surface area contributed by atoms with E-state index in [4.69, 9.17) is 9.47 Å². The molecule has 5 rings (SSSR count). The summed E-state index contributed by atoms with van der Waals surface area (Å²) in [5, 5.41) is 9.32. The Bertz CT molecular complexity index is 1420. The molecule has 0 saturated heterocycles. The van der Waals surface area contributed by atoms with Crippen molar-refractivity contribution in [1.82, 2.24) is 4.98 Å². The van der Waals surface area contributed by atoms with E-state index in [1.54, 1.807) is 6.20 Å². The van der Waals surface area contributed by atoms with Crippen LogP contribution in [0.2, 0.25) is 0 Å². The smallest absolute Gasteiger partial charge is 0.307 e. The summed E-state index contributed by atoms with van der Waals surface area (Å²) in [5.74, 6) is 0.821. The first-order valence-electron chi connectivity index (χ1n) is 12.0. The quantitative estimate of drug-likeness (QED) is 0.405. The van der Waals surface area contributed by atoms with E-state index in [0.717, 1.165) is 40.0 Å². The van der Waals surface area contributed by atoms with Crippen molar-refractivity contribution in [1.29, 1.82) is 0 Å². The zero-order chi connectivity index (χ0) is 25.4. The summed E-state index contributed by atoms with van der Waals surface area (Å²) in [7, 11) is -3.00. The van der Waals surface area contributed by atoms with E-state index < -0.39 is 15.8 Å². The Morgan fingerprint density at radius 2 is 1.92 bits per heavy atom. The molecule has 188 valence electrons. The zero-order valence-corrected chi connectivity index (χ0v) is 21.1. The molecule has 3 unspecified atom stereocenters. The summed E-state index contributed by atoms with van der Waals surface area (Å²) in [6, 6.07) is 15.9. The first-order valence-corrected chi connectivity index (χ1v) is 14.1. The van der Waals surface area contributed by atoms with E-state index in [1.807, 2.05) is 55.5 Å². The number of aromatic nitrogens is 1. The molecule has 1 fully saturated rings. The Hall–Kier alpha value is -3.39. The summed E-state index contributed by atoms with van der Waals surface area (Å²) in [6.45, 7) is 2.68. The number of pyridine rings is 1. The Kier molecular flexibility index (Phi) is 6.47. The molecule has 2 aliphatic rings. The molecule has 1 saturated carbocycles. The van der Waals surface area contributed by atoms with Crippen molar-refractivity contribution in [2.45, 2.75) is 32.3 Å². The van der Waals surface area contributed by atoms with Gasteiger partial charge in [0.25, 0.3) is 0 Å². The fourth-order valence-corrected chi connectivity index (χ4v) is 5.92. The van der Waals surface area contributed by atoms with E-state index in [1.165, 1.54) is 11.8 Å². The number of carboxylic acids is 1. The van der Waals surface area contributed by atoms with Crippen LogP contribution >= 0.6 is 0 Å². The van der Waals surface area contributed by atoms with E-state index >= 15 is 0 Å². The third kappa shape index (κ3) is 5.09. The number of rotatable bonds is 10. The van der Waals surface area contributed by atoms with Crippen LogP contribution in [0.5, 0.6) is 11.6 Å². The molecular formula is C28H29NO6S. The number of aryl methyl sites for hydroxylation is 1. The van der Waals surface area contributed by atoms with Gasteiger partial charge in [0, 0.05) is 30.0 Å². The van der Waals surface area contributed by atoms with Crippen molar-refractivity contribution < 1.29 is 27.8 Å². The van der Waals surface area contributed by atoms with Crippen LogP contribution in [-0.4, -0.2) is 43.1 Å². The Labute approximate surface area is 211 Å². The van der Waals surface area contributed by atoms with Gasteiger partial charge >= 0.3 is 5.97 Å². The number of carbonyl (C=O) groups is 1. The van der Waals surface area contributed by atoms with Crippen molar-refractivity contribution in [2.75, 3.05) is 18.6 Å². The molecule has 8 heteroatoms. The molecule has 0 spiro atoms. The lowest BCUT2D eigenvalue weighted by molar-refractivity contribution is -0.139. The van der Waals surface area contributed by atoms with Gasteiger partial charge in [0.05, 0.1) is 18.3 Å². The zero-order valence-electron chi connectivity index (χ0n) is 20.3. The van der Waals surface area contributed by atoms with Gasteiger partial charge in [-0.05, 0) is 65.6 Å². The van der Waals surface area contributed by atoms with E-state index in [0.29, 0.717) is 25.5 Å². The maximum Gasteiger partial charge on any atom is 0.307 e. The number of ether oxygens (including phenoxy) is 2. The van der Waals surface area contributed by atoms with Gasteiger partial charge in [0.15, 0.2) is 0 Å². The van der Waals surface area contributed by atoms with Gasteiger partial charge in [-0.3, -0.25) is 4.79 Å². The van der Waals surface area contributed by atoms with Gasteiger partial charge in [0.2, 0.25) is 5.88 Å². The van der Waals surface area contributed by atoms with Crippen LogP contribution in [0.25, 0.3) is 11.1 Å². The molecule has 1 heterocycles. The summed E-state index contributed by atoms with van der Waals surface area (Å²) in [5.41, 5.74) is 6.38. The molecule has 1 aromatic heterocycles. The SMILES string of the molecule is Cc1cc(OCCCS(C)(=O)=O)ncc1-c1ccccc1COc1ccc2c(c1)CC1C(C(=O)O)C21. The fraction of sp³-hybridized carbons (Fsp3) is 0.357. The van der Waals surface area contributed by atoms with Gasteiger partial charge in [-0.25, -0.2) is 13.4 Å². The third-order valence-electron chi connectivity index (χ3n) is 7.08. The van der Waals surface area contributed by atoms with Crippen LogP contribution in [-0.2, 0) is 27.7 Å². The maximum absolute atomic E-state index is 11.3. The van der Waals surface area contributed by atoms with E-state index in [-0.39, 0.29) is 23.5 Å². The van der Waals surface area contributed by atoms with E-state index in [9.17, 15) is 18.3 Å². The number of hydrogen-bond acceptors (Lipinski definition) is 6. The van der Waals surface area contributed by atoms with Crippen LogP contribution in [0, 0.1) is 18.8 Å². The third-order valence-corrected chi connectivity index (χ3v) is 8.11. The molecule has 7 nitrogen and oxygen atoms in total. The molecule has 0 radical (unpaired) electrons. The van der Waals surface area contributed by atoms with E-state index in [2.05, 4.69) is 4.98 Å². The standard InChI is InChI=1S/C28H29NO6S/c1-17-12-25(34-10-5-11-36(2,32)33)29-15-24(17)21-7-4-3-6-18(21)16-35-20-8-9-22-19(13-20)14-23-26(22)27(23)28(30)31/h3-4,6-9,12-13,15,23,26-27H,5,10-11,14,16H2,1-2H3,(H,30,31). The molecule has 3 aromatic rings. The predicted molar refractivity (Wildman–Crippen MR) is 136 cm³/mol. The highest BCUT2D eigenvalue weighted by molar-refractivity contribution is 7.90. The highest BCUT2D eigenvalue weighted by Crippen LogP contribution is 2.61. The first kappa shape index (κ1) is 24.3. The minimum absolute atomic E-state index is 0.0890. The second kappa shape index (κ2) is 9.58. The first-order chi connectivity index (χ1) is 17.2. The average Bonchev–Trinajstić information content (AvgIpc) is 3.43. The predicted octanol–water partition coefficient (Wildman–Crippen LogP) is 4.42. The molecule has 2 aromatic carbocycles. The van der Waals surface area contributed by atoms with Crippen LogP contribution < -0.4 is 9.47 Å². The van der Waals surface area contributed by atoms with Crippen molar-refractivity contribution >= 4 is 15.8 Å². The second-order valence-electron chi connectivity index (χ2n) is 9.73.